The summed E-state index contributed by atoms with van der Waals surface area (Å²) in [6.45, 7) is 2.44. The lowest BCUT2D eigenvalue weighted by Crippen LogP contribution is -2.33. The van der Waals surface area contributed by atoms with Gasteiger partial charge < -0.3 is 5.32 Å². The zero-order valence-electron chi connectivity index (χ0n) is 10.3. The van der Waals surface area contributed by atoms with E-state index in [1.165, 1.54) is 37.0 Å². The number of amides is 1. The van der Waals surface area contributed by atoms with Gasteiger partial charge >= 0.3 is 0 Å². The highest BCUT2D eigenvalue weighted by atomic mass is 32.1. The first kappa shape index (κ1) is 13.1. The Hall–Kier alpha value is -1.38. The van der Waals surface area contributed by atoms with E-state index in [2.05, 4.69) is 16.3 Å². The molecular weight excluding hydrogens is 246 g/mol. The van der Waals surface area contributed by atoms with Gasteiger partial charge in [-0.1, -0.05) is 12.8 Å². The van der Waals surface area contributed by atoms with Crippen molar-refractivity contribution in [3.05, 3.63) is 17.0 Å². The summed E-state index contributed by atoms with van der Waals surface area (Å²) < 4.78 is 0. The number of nitriles is 1. The number of hydrogen-bond donors (Lipinski definition) is 1. The highest BCUT2D eigenvalue weighted by molar-refractivity contribution is 7.14. The van der Waals surface area contributed by atoms with Crippen LogP contribution < -0.4 is 5.32 Å². The van der Waals surface area contributed by atoms with E-state index in [0.29, 0.717) is 17.1 Å². The molecule has 1 fully saturated rings. The Morgan fingerprint density at radius 2 is 2.11 bits per heavy atom. The fourth-order valence-corrected chi connectivity index (χ4v) is 2.91. The first-order chi connectivity index (χ1) is 8.79. The van der Waals surface area contributed by atoms with E-state index < -0.39 is 0 Å². The van der Waals surface area contributed by atoms with Crippen LogP contribution in [-0.2, 0) is 4.79 Å². The van der Waals surface area contributed by atoms with Gasteiger partial charge in [0.25, 0.3) is 0 Å². The summed E-state index contributed by atoms with van der Waals surface area (Å²) in [5.41, 5.74) is 0.546. The zero-order chi connectivity index (χ0) is 12.8. The van der Waals surface area contributed by atoms with Crippen molar-refractivity contribution in [3.63, 3.8) is 0 Å². The van der Waals surface area contributed by atoms with E-state index in [0.717, 1.165) is 13.1 Å². The van der Waals surface area contributed by atoms with Crippen LogP contribution in [0.25, 0.3) is 0 Å². The van der Waals surface area contributed by atoms with E-state index in [1.807, 2.05) is 5.38 Å². The molecule has 4 nitrogen and oxygen atoms in total. The first-order valence-electron chi connectivity index (χ1n) is 6.29. The minimum absolute atomic E-state index is 0.0177. The Balaban J connectivity index is 1.86. The van der Waals surface area contributed by atoms with Crippen molar-refractivity contribution >= 4 is 22.2 Å². The van der Waals surface area contributed by atoms with Crippen LogP contribution >= 0.6 is 11.3 Å². The molecule has 0 bridgehead atoms. The number of rotatable bonds is 3. The van der Waals surface area contributed by atoms with Gasteiger partial charge in [-0.3, -0.25) is 9.69 Å². The number of hydrogen-bond acceptors (Lipinski definition) is 4. The molecule has 2 heterocycles. The highest BCUT2D eigenvalue weighted by Crippen LogP contribution is 2.22. The molecule has 5 heteroatoms. The van der Waals surface area contributed by atoms with Crippen LogP contribution in [0.4, 0.5) is 5.00 Å². The Bertz CT molecular complexity index is 441. The van der Waals surface area contributed by atoms with Crippen molar-refractivity contribution in [2.75, 3.05) is 25.0 Å². The van der Waals surface area contributed by atoms with E-state index in [1.54, 1.807) is 6.07 Å². The second-order valence-electron chi connectivity index (χ2n) is 4.51. The summed E-state index contributed by atoms with van der Waals surface area (Å²) in [6.07, 6.45) is 4.88. The molecule has 0 saturated carbocycles. The van der Waals surface area contributed by atoms with Crippen LogP contribution in [0.5, 0.6) is 0 Å². The molecule has 1 aromatic rings. The minimum atomic E-state index is -0.0177. The summed E-state index contributed by atoms with van der Waals surface area (Å²) in [5, 5.41) is 14.2. The maximum Gasteiger partial charge on any atom is 0.239 e. The van der Waals surface area contributed by atoms with Gasteiger partial charge in [-0.15, -0.1) is 11.3 Å². The van der Waals surface area contributed by atoms with Crippen LogP contribution in [0.2, 0.25) is 0 Å². The summed E-state index contributed by atoms with van der Waals surface area (Å²) in [6, 6.07) is 3.81. The quantitative estimate of drug-likeness (QED) is 0.911. The van der Waals surface area contributed by atoms with Crippen LogP contribution in [-0.4, -0.2) is 30.4 Å². The van der Waals surface area contributed by atoms with Gasteiger partial charge in [-0.05, 0) is 37.4 Å². The molecule has 0 radical (unpaired) electrons. The number of nitrogens with zero attached hydrogens (tertiary/aromatic N) is 2. The van der Waals surface area contributed by atoms with Crippen molar-refractivity contribution in [2.45, 2.75) is 25.7 Å². The lowest BCUT2D eigenvalue weighted by atomic mass is 10.2. The fourth-order valence-electron chi connectivity index (χ4n) is 2.16. The molecule has 0 unspecified atom stereocenters. The molecule has 0 spiro atoms. The average Bonchev–Trinajstić information content (AvgIpc) is 2.64. The molecule has 1 aliphatic rings. The average molecular weight is 263 g/mol. The molecule has 0 aromatic carbocycles. The van der Waals surface area contributed by atoms with Gasteiger partial charge in [0.05, 0.1) is 12.1 Å². The molecule has 0 atom stereocenters. The highest BCUT2D eigenvalue weighted by Gasteiger charge is 2.14. The predicted octanol–water partition coefficient (Wildman–Crippen LogP) is 2.43. The van der Waals surface area contributed by atoms with Gasteiger partial charge in [0, 0.05) is 0 Å². The maximum absolute atomic E-state index is 11.9. The molecule has 1 N–H and O–H groups in total. The molecule has 1 saturated heterocycles. The molecule has 96 valence electrons. The number of thiophene rings is 1. The molecule has 2 rings (SSSR count). The van der Waals surface area contributed by atoms with Gasteiger partial charge in [0.2, 0.25) is 5.91 Å². The lowest BCUT2D eigenvalue weighted by Gasteiger charge is -2.18. The largest absolute Gasteiger partial charge is 0.315 e. The summed E-state index contributed by atoms with van der Waals surface area (Å²) >= 11 is 1.40. The molecule has 1 aliphatic heterocycles. The summed E-state index contributed by atoms with van der Waals surface area (Å²) in [4.78, 5) is 14.1. The fraction of sp³-hybridized carbons (Fsp3) is 0.538. The van der Waals surface area contributed by atoms with E-state index in [9.17, 15) is 4.79 Å². The van der Waals surface area contributed by atoms with Crippen molar-refractivity contribution in [1.82, 2.24) is 4.90 Å². The Kier molecular flexibility index (Phi) is 4.73. The van der Waals surface area contributed by atoms with E-state index in [-0.39, 0.29) is 5.91 Å². The SMILES string of the molecule is N#Cc1ccsc1NC(=O)CN1CCCCCC1. The van der Waals surface area contributed by atoms with Crippen molar-refractivity contribution < 1.29 is 4.79 Å². The zero-order valence-corrected chi connectivity index (χ0v) is 11.1. The molecular formula is C13H17N3OS. The number of anilines is 1. The van der Waals surface area contributed by atoms with Crippen molar-refractivity contribution in [1.29, 1.82) is 5.26 Å². The second-order valence-corrected chi connectivity index (χ2v) is 5.43. The van der Waals surface area contributed by atoms with Crippen LogP contribution in [0.15, 0.2) is 11.4 Å². The normalized spacial score (nSPS) is 16.8. The molecule has 0 aliphatic carbocycles. The van der Waals surface area contributed by atoms with E-state index in [4.69, 9.17) is 5.26 Å². The monoisotopic (exact) mass is 263 g/mol. The van der Waals surface area contributed by atoms with Crippen LogP contribution in [0.3, 0.4) is 0 Å². The molecule has 1 amide bonds. The number of carbonyl (C=O) groups is 1. The van der Waals surface area contributed by atoms with Crippen LogP contribution in [0.1, 0.15) is 31.2 Å². The second kappa shape index (κ2) is 6.53. The number of likely N-dealkylation sites (tertiary alicyclic amines) is 1. The smallest absolute Gasteiger partial charge is 0.239 e. The Morgan fingerprint density at radius 1 is 1.39 bits per heavy atom. The molecule has 1 aromatic heterocycles. The van der Waals surface area contributed by atoms with Crippen molar-refractivity contribution in [2.24, 2.45) is 0 Å². The predicted molar refractivity (Wildman–Crippen MR) is 72.6 cm³/mol. The van der Waals surface area contributed by atoms with Gasteiger partial charge in [0.15, 0.2) is 0 Å². The first-order valence-corrected chi connectivity index (χ1v) is 7.17. The Morgan fingerprint density at radius 3 is 2.78 bits per heavy atom. The third-order valence-electron chi connectivity index (χ3n) is 3.10. The third-order valence-corrected chi connectivity index (χ3v) is 3.93. The van der Waals surface area contributed by atoms with Gasteiger partial charge in [0.1, 0.15) is 11.1 Å². The van der Waals surface area contributed by atoms with E-state index >= 15 is 0 Å². The Labute approximate surface area is 111 Å². The summed E-state index contributed by atoms with van der Waals surface area (Å²) in [5.74, 6) is -0.0177. The van der Waals surface area contributed by atoms with Crippen LogP contribution in [0, 0.1) is 11.3 Å². The minimum Gasteiger partial charge on any atom is -0.315 e. The molecule has 18 heavy (non-hydrogen) atoms. The number of nitrogens with one attached hydrogen (secondary N) is 1. The van der Waals surface area contributed by atoms with Gasteiger partial charge in [-0.25, -0.2) is 0 Å². The maximum atomic E-state index is 11.9. The van der Waals surface area contributed by atoms with Crippen molar-refractivity contribution in [3.8, 4) is 6.07 Å². The summed E-state index contributed by atoms with van der Waals surface area (Å²) in [7, 11) is 0. The standard InChI is InChI=1S/C13H17N3OS/c14-9-11-5-8-18-13(11)15-12(17)10-16-6-3-1-2-4-7-16/h5,8H,1-4,6-7,10H2,(H,15,17). The van der Waals surface area contributed by atoms with Gasteiger partial charge in [-0.2, -0.15) is 5.26 Å². The number of carbonyl (C=O) groups excluding carboxylic acids is 1. The third kappa shape index (κ3) is 3.56. The lowest BCUT2D eigenvalue weighted by molar-refractivity contribution is -0.117. The topological polar surface area (TPSA) is 56.1 Å².